The average Bonchev–Trinajstić information content (AvgIpc) is 2.16. The van der Waals surface area contributed by atoms with E-state index in [1.165, 1.54) is 7.11 Å². The second-order valence-electron chi connectivity index (χ2n) is 4.06. The smallest absolute Gasteiger partial charge is 0.407 e. The summed E-state index contributed by atoms with van der Waals surface area (Å²) in [6.45, 7) is 5.94. The summed E-state index contributed by atoms with van der Waals surface area (Å²) in [7, 11) is 1.32. The van der Waals surface area contributed by atoms with Crippen LogP contribution in [0, 0.1) is 5.92 Å². The molecular weight excluding hydrogens is 194 g/mol. The van der Waals surface area contributed by atoms with E-state index in [0.29, 0.717) is 18.8 Å². The topological polar surface area (TPSA) is 55.4 Å². The summed E-state index contributed by atoms with van der Waals surface area (Å²) in [4.78, 5) is 22.3. The maximum absolute atomic E-state index is 11.3. The van der Waals surface area contributed by atoms with Gasteiger partial charge in [0.05, 0.1) is 7.11 Å². The van der Waals surface area contributed by atoms with E-state index in [9.17, 15) is 9.59 Å². The van der Waals surface area contributed by atoms with Crippen molar-refractivity contribution in [1.82, 2.24) is 5.32 Å². The standard InChI is InChI=1S/C11H21NO3/c1-5-10(13)7-9(6-8(2)3)12-11(14)15-4/h8-9H,5-7H2,1-4H3,(H,12,14)/t9-/m0/s1. The van der Waals surface area contributed by atoms with Crippen LogP contribution in [0.5, 0.6) is 0 Å². The number of carbonyl (C=O) groups is 2. The number of Topliss-reactive ketones (excluding diaryl/α,β-unsaturated/α-hetero) is 1. The van der Waals surface area contributed by atoms with Gasteiger partial charge in [0, 0.05) is 18.9 Å². The number of nitrogens with one attached hydrogen (secondary N) is 1. The second kappa shape index (κ2) is 7.26. The molecule has 0 unspecified atom stereocenters. The molecule has 0 heterocycles. The highest BCUT2D eigenvalue weighted by Gasteiger charge is 2.16. The van der Waals surface area contributed by atoms with Crippen LogP contribution in [0.4, 0.5) is 4.79 Å². The summed E-state index contributed by atoms with van der Waals surface area (Å²) in [5.74, 6) is 0.605. The number of alkyl carbamates (subject to hydrolysis) is 1. The molecule has 4 heteroatoms. The Hall–Kier alpha value is -1.06. The number of hydrogen-bond acceptors (Lipinski definition) is 3. The van der Waals surface area contributed by atoms with Crippen molar-refractivity contribution in [3.05, 3.63) is 0 Å². The van der Waals surface area contributed by atoms with E-state index < -0.39 is 6.09 Å². The molecular formula is C11H21NO3. The maximum atomic E-state index is 11.3. The van der Waals surface area contributed by atoms with Crippen molar-refractivity contribution in [3.63, 3.8) is 0 Å². The third-order valence-corrected chi connectivity index (χ3v) is 2.13. The Morgan fingerprint density at radius 2 is 1.93 bits per heavy atom. The van der Waals surface area contributed by atoms with Crippen LogP contribution in [0.2, 0.25) is 0 Å². The first-order valence-corrected chi connectivity index (χ1v) is 5.35. The zero-order chi connectivity index (χ0) is 11.8. The summed E-state index contributed by atoms with van der Waals surface area (Å²) in [5, 5.41) is 2.68. The predicted molar refractivity (Wildman–Crippen MR) is 58.7 cm³/mol. The van der Waals surface area contributed by atoms with Gasteiger partial charge in [0.15, 0.2) is 0 Å². The molecule has 0 rings (SSSR count). The maximum Gasteiger partial charge on any atom is 0.407 e. The van der Waals surface area contributed by atoms with Gasteiger partial charge in [-0.15, -0.1) is 0 Å². The zero-order valence-electron chi connectivity index (χ0n) is 10.0. The normalized spacial score (nSPS) is 12.3. The molecule has 88 valence electrons. The Morgan fingerprint density at radius 3 is 2.33 bits per heavy atom. The molecule has 0 aliphatic carbocycles. The molecule has 0 aromatic rings. The van der Waals surface area contributed by atoms with Gasteiger partial charge >= 0.3 is 6.09 Å². The lowest BCUT2D eigenvalue weighted by molar-refractivity contribution is -0.119. The molecule has 4 nitrogen and oxygen atoms in total. The number of hydrogen-bond donors (Lipinski definition) is 1. The fraction of sp³-hybridized carbons (Fsp3) is 0.818. The van der Waals surface area contributed by atoms with E-state index in [4.69, 9.17) is 0 Å². The first-order valence-electron chi connectivity index (χ1n) is 5.35. The van der Waals surface area contributed by atoms with Crippen LogP contribution in [0.15, 0.2) is 0 Å². The lowest BCUT2D eigenvalue weighted by Crippen LogP contribution is -2.37. The molecule has 0 saturated carbocycles. The van der Waals surface area contributed by atoms with Crippen molar-refractivity contribution < 1.29 is 14.3 Å². The molecule has 0 bridgehead atoms. The van der Waals surface area contributed by atoms with Crippen molar-refractivity contribution in [2.45, 2.75) is 46.1 Å². The first kappa shape index (κ1) is 13.9. The van der Waals surface area contributed by atoms with Crippen LogP contribution in [-0.4, -0.2) is 25.0 Å². The summed E-state index contributed by atoms with van der Waals surface area (Å²) >= 11 is 0. The minimum Gasteiger partial charge on any atom is -0.453 e. The fourth-order valence-electron chi connectivity index (χ4n) is 1.41. The quantitative estimate of drug-likeness (QED) is 0.738. The molecule has 0 aliphatic heterocycles. The first-order chi connectivity index (χ1) is 6.99. The van der Waals surface area contributed by atoms with Crippen LogP contribution in [0.3, 0.4) is 0 Å². The Morgan fingerprint density at radius 1 is 1.33 bits per heavy atom. The number of ketones is 1. The Balaban J connectivity index is 4.17. The van der Waals surface area contributed by atoms with E-state index in [1.54, 1.807) is 0 Å². The van der Waals surface area contributed by atoms with Gasteiger partial charge in [-0.1, -0.05) is 20.8 Å². The molecule has 1 N–H and O–H groups in total. The summed E-state index contributed by atoms with van der Waals surface area (Å²) < 4.78 is 4.52. The minimum atomic E-state index is -0.468. The molecule has 0 aromatic carbocycles. The highest BCUT2D eigenvalue weighted by molar-refractivity contribution is 5.79. The lowest BCUT2D eigenvalue weighted by Gasteiger charge is -2.18. The third-order valence-electron chi connectivity index (χ3n) is 2.13. The van der Waals surface area contributed by atoms with Crippen molar-refractivity contribution in [1.29, 1.82) is 0 Å². The second-order valence-corrected chi connectivity index (χ2v) is 4.06. The van der Waals surface area contributed by atoms with E-state index >= 15 is 0 Å². The Labute approximate surface area is 91.4 Å². The van der Waals surface area contributed by atoms with E-state index in [0.717, 1.165) is 6.42 Å². The van der Waals surface area contributed by atoms with Crippen LogP contribution in [-0.2, 0) is 9.53 Å². The van der Waals surface area contributed by atoms with E-state index in [2.05, 4.69) is 23.9 Å². The third kappa shape index (κ3) is 6.94. The van der Waals surface area contributed by atoms with Crippen molar-refractivity contribution in [3.8, 4) is 0 Å². The van der Waals surface area contributed by atoms with Gasteiger partial charge in [0.25, 0.3) is 0 Å². The largest absolute Gasteiger partial charge is 0.453 e. The highest BCUT2D eigenvalue weighted by atomic mass is 16.5. The molecule has 0 spiro atoms. The summed E-state index contributed by atoms with van der Waals surface area (Å²) in [6.07, 6.45) is 1.23. The molecule has 0 radical (unpaired) electrons. The summed E-state index contributed by atoms with van der Waals surface area (Å²) in [6, 6.07) is -0.107. The monoisotopic (exact) mass is 215 g/mol. The minimum absolute atomic E-state index is 0.107. The molecule has 1 atom stereocenters. The molecule has 1 amide bonds. The lowest BCUT2D eigenvalue weighted by atomic mass is 9.99. The molecule has 0 aliphatic rings. The molecule has 0 saturated heterocycles. The number of rotatable bonds is 6. The van der Waals surface area contributed by atoms with Gasteiger partial charge in [-0.3, -0.25) is 4.79 Å². The number of carbonyl (C=O) groups excluding carboxylic acids is 2. The number of methoxy groups -OCH3 is 1. The number of amides is 1. The SMILES string of the molecule is CCC(=O)C[C@H](CC(C)C)NC(=O)OC. The van der Waals surface area contributed by atoms with Crippen molar-refractivity contribution in [2.24, 2.45) is 5.92 Å². The number of ether oxygens (including phenoxy) is 1. The van der Waals surface area contributed by atoms with Gasteiger partial charge < -0.3 is 10.1 Å². The van der Waals surface area contributed by atoms with Gasteiger partial charge in [0.2, 0.25) is 0 Å². The fourth-order valence-corrected chi connectivity index (χ4v) is 1.41. The zero-order valence-corrected chi connectivity index (χ0v) is 10.0. The Kier molecular flexibility index (Phi) is 6.75. The molecule has 0 fully saturated rings. The van der Waals surface area contributed by atoms with Crippen molar-refractivity contribution >= 4 is 11.9 Å². The van der Waals surface area contributed by atoms with E-state index in [1.807, 2.05) is 6.92 Å². The van der Waals surface area contributed by atoms with Crippen molar-refractivity contribution in [2.75, 3.05) is 7.11 Å². The van der Waals surface area contributed by atoms with Gasteiger partial charge in [-0.2, -0.15) is 0 Å². The summed E-state index contributed by atoms with van der Waals surface area (Å²) in [5.41, 5.74) is 0. The van der Waals surface area contributed by atoms with Crippen LogP contribution >= 0.6 is 0 Å². The van der Waals surface area contributed by atoms with Gasteiger partial charge in [0.1, 0.15) is 5.78 Å². The molecule has 15 heavy (non-hydrogen) atoms. The van der Waals surface area contributed by atoms with Crippen LogP contribution in [0.25, 0.3) is 0 Å². The molecule has 0 aromatic heterocycles. The van der Waals surface area contributed by atoms with E-state index in [-0.39, 0.29) is 11.8 Å². The predicted octanol–water partition coefficient (Wildman–Crippen LogP) is 2.13. The average molecular weight is 215 g/mol. The van der Waals surface area contributed by atoms with Crippen LogP contribution in [0.1, 0.15) is 40.0 Å². The van der Waals surface area contributed by atoms with Gasteiger partial charge in [-0.05, 0) is 12.3 Å². The Bertz CT molecular complexity index is 196. The van der Waals surface area contributed by atoms with Crippen LogP contribution < -0.4 is 5.32 Å². The van der Waals surface area contributed by atoms with Gasteiger partial charge in [-0.25, -0.2) is 4.79 Å². The highest BCUT2D eigenvalue weighted by Crippen LogP contribution is 2.09.